The van der Waals surface area contributed by atoms with Crippen LogP contribution in [0, 0.1) is 0 Å². The van der Waals surface area contributed by atoms with Gasteiger partial charge in [-0.1, -0.05) is 65.9 Å². The van der Waals surface area contributed by atoms with Gasteiger partial charge in [0.05, 0.1) is 17.5 Å². The average Bonchev–Trinajstić information content (AvgIpc) is 3.55. The van der Waals surface area contributed by atoms with Gasteiger partial charge < -0.3 is 0 Å². The van der Waals surface area contributed by atoms with E-state index in [0.29, 0.717) is 27.4 Å². The van der Waals surface area contributed by atoms with Gasteiger partial charge in [-0.2, -0.15) is 0 Å². The van der Waals surface area contributed by atoms with E-state index in [2.05, 4.69) is 4.98 Å². The minimum absolute atomic E-state index is 0.103. The SMILES string of the molecule is O=C1C(=Cc2nc3sc(-c4ccccc4)nc3n2-c2cccnc2)C(=O)c2cc3ccccc3cc21. The number of hydrogen-bond donors (Lipinski definition) is 0. The van der Waals surface area contributed by atoms with Crippen LogP contribution in [0.3, 0.4) is 0 Å². The molecule has 6 aromatic rings. The van der Waals surface area contributed by atoms with Crippen molar-refractivity contribution in [3.05, 3.63) is 114 Å². The summed E-state index contributed by atoms with van der Waals surface area (Å²) in [4.78, 5) is 41.3. The van der Waals surface area contributed by atoms with E-state index in [9.17, 15) is 9.59 Å². The lowest BCUT2D eigenvalue weighted by Gasteiger charge is -2.05. The molecule has 6 nitrogen and oxygen atoms in total. The van der Waals surface area contributed by atoms with Crippen molar-refractivity contribution in [2.75, 3.05) is 0 Å². The summed E-state index contributed by atoms with van der Waals surface area (Å²) in [5, 5.41) is 2.69. The number of allylic oxidation sites excluding steroid dienone is 1. The smallest absolute Gasteiger partial charge is 0.197 e. The molecule has 170 valence electrons. The van der Waals surface area contributed by atoms with Crippen LogP contribution in [0.4, 0.5) is 0 Å². The molecule has 0 saturated heterocycles. The summed E-state index contributed by atoms with van der Waals surface area (Å²) >= 11 is 1.47. The zero-order valence-electron chi connectivity index (χ0n) is 18.8. The molecule has 3 aromatic heterocycles. The minimum atomic E-state index is -0.289. The van der Waals surface area contributed by atoms with E-state index in [-0.39, 0.29) is 17.1 Å². The second kappa shape index (κ2) is 7.90. The van der Waals surface area contributed by atoms with E-state index in [1.807, 2.05) is 71.3 Å². The van der Waals surface area contributed by atoms with Gasteiger partial charge in [0.1, 0.15) is 10.8 Å². The first-order valence-corrected chi connectivity index (χ1v) is 12.2. The number of carbonyl (C=O) groups excluding carboxylic acids is 2. The van der Waals surface area contributed by atoms with Gasteiger partial charge >= 0.3 is 0 Å². The van der Waals surface area contributed by atoms with Gasteiger partial charge in [-0.3, -0.25) is 19.1 Å². The second-order valence-corrected chi connectivity index (χ2v) is 9.47. The molecule has 0 fully saturated rings. The van der Waals surface area contributed by atoms with Crippen molar-refractivity contribution in [3.8, 4) is 16.3 Å². The van der Waals surface area contributed by atoms with E-state index in [4.69, 9.17) is 9.97 Å². The molecule has 1 aliphatic rings. The highest BCUT2D eigenvalue weighted by molar-refractivity contribution is 7.21. The summed E-state index contributed by atoms with van der Waals surface area (Å²) in [6.07, 6.45) is 4.99. The molecule has 7 rings (SSSR count). The number of ketones is 2. The summed E-state index contributed by atoms with van der Waals surface area (Å²) in [5.74, 6) is -0.115. The fourth-order valence-corrected chi connectivity index (χ4v) is 5.53. The third-order valence-electron chi connectivity index (χ3n) is 6.31. The van der Waals surface area contributed by atoms with E-state index in [0.717, 1.165) is 27.0 Å². The van der Waals surface area contributed by atoms with Crippen LogP contribution in [0.25, 0.3) is 43.6 Å². The quantitative estimate of drug-likeness (QED) is 0.222. The normalized spacial score (nSPS) is 13.1. The topological polar surface area (TPSA) is 77.7 Å². The summed E-state index contributed by atoms with van der Waals surface area (Å²) in [6, 6.07) is 25.0. The standard InChI is InChI=1S/C29H16N4O2S/c34-25-21-13-18-9-4-5-10-19(18)14-22(21)26(35)23(25)15-24-31-29-27(33(24)20-11-6-12-30-16-20)32-28(36-29)17-7-2-1-3-8-17/h1-16H. The molecule has 0 saturated carbocycles. The molecule has 0 N–H and O–H groups in total. The Hall–Kier alpha value is -4.75. The van der Waals surface area contributed by atoms with Gasteiger partial charge in [-0.15, -0.1) is 0 Å². The Balaban J connectivity index is 1.40. The average molecular weight is 485 g/mol. The zero-order valence-corrected chi connectivity index (χ0v) is 19.6. The van der Waals surface area contributed by atoms with Crippen LogP contribution in [-0.2, 0) is 0 Å². The fraction of sp³-hybridized carbons (Fsp3) is 0. The number of rotatable bonds is 3. The van der Waals surface area contributed by atoms with Crippen LogP contribution in [-0.4, -0.2) is 31.1 Å². The molecule has 0 bridgehead atoms. The van der Waals surface area contributed by atoms with Gasteiger partial charge in [-0.05, 0) is 41.1 Å². The molecule has 0 atom stereocenters. The van der Waals surface area contributed by atoms with E-state index in [1.54, 1.807) is 30.6 Å². The first-order valence-electron chi connectivity index (χ1n) is 11.4. The predicted octanol–water partition coefficient (Wildman–Crippen LogP) is 6.16. The largest absolute Gasteiger partial charge is 0.288 e. The van der Waals surface area contributed by atoms with Crippen molar-refractivity contribution in [1.29, 1.82) is 0 Å². The maximum absolute atomic E-state index is 13.3. The molecule has 0 aliphatic heterocycles. The molecule has 36 heavy (non-hydrogen) atoms. The van der Waals surface area contributed by atoms with Crippen molar-refractivity contribution in [2.24, 2.45) is 0 Å². The molecule has 3 aromatic carbocycles. The Bertz CT molecular complexity index is 1810. The Morgan fingerprint density at radius 3 is 2.14 bits per heavy atom. The van der Waals surface area contributed by atoms with Crippen LogP contribution >= 0.6 is 11.3 Å². The molecule has 0 amide bonds. The lowest BCUT2D eigenvalue weighted by molar-refractivity contribution is 0.0990. The second-order valence-electron chi connectivity index (χ2n) is 8.49. The molecule has 0 spiro atoms. The van der Waals surface area contributed by atoms with Crippen molar-refractivity contribution >= 4 is 50.2 Å². The van der Waals surface area contributed by atoms with Gasteiger partial charge in [-0.25, -0.2) is 9.97 Å². The number of fused-ring (bicyclic) bond motifs is 3. The highest BCUT2D eigenvalue weighted by Crippen LogP contribution is 2.35. The Morgan fingerprint density at radius 1 is 0.778 bits per heavy atom. The number of aromatic nitrogens is 4. The number of Topliss-reactive ketones (excluding diaryl/α,β-unsaturated/α-hetero) is 2. The van der Waals surface area contributed by atoms with Crippen molar-refractivity contribution < 1.29 is 9.59 Å². The first-order chi connectivity index (χ1) is 17.7. The zero-order chi connectivity index (χ0) is 24.2. The van der Waals surface area contributed by atoms with Gasteiger partial charge in [0.15, 0.2) is 22.0 Å². The number of imidazole rings is 1. The molecular formula is C29H16N4O2S. The van der Waals surface area contributed by atoms with Crippen molar-refractivity contribution in [3.63, 3.8) is 0 Å². The number of thiazole rings is 1. The summed E-state index contributed by atoms with van der Waals surface area (Å²) in [5.41, 5.74) is 3.36. The van der Waals surface area contributed by atoms with E-state index < -0.39 is 0 Å². The van der Waals surface area contributed by atoms with Crippen molar-refractivity contribution in [1.82, 2.24) is 19.5 Å². The summed E-state index contributed by atoms with van der Waals surface area (Å²) < 4.78 is 1.85. The van der Waals surface area contributed by atoms with Crippen LogP contribution in [0.1, 0.15) is 26.5 Å². The highest BCUT2D eigenvalue weighted by atomic mass is 32.1. The van der Waals surface area contributed by atoms with Crippen LogP contribution in [0.5, 0.6) is 0 Å². The number of nitrogens with zero attached hydrogens (tertiary/aromatic N) is 4. The number of benzene rings is 3. The molecule has 7 heteroatoms. The third kappa shape index (κ3) is 3.14. The molecular weight excluding hydrogens is 468 g/mol. The number of hydrogen-bond acceptors (Lipinski definition) is 6. The van der Waals surface area contributed by atoms with Gasteiger partial charge in [0, 0.05) is 22.9 Å². The van der Waals surface area contributed by atoms with E-state index >= 15 is 0 Å². The summed E-state index contributed by atoms with van der Waals surface area (Å²) in [7, 11) is 0. The molecule has 0 unspecified atom stereocenters. The Kier molecular flexibility index (Phi) is 4.52. The van der Waals surface area contributed by atoms with Gasteiger partial charge in [0.25, 0.3) is 0 Å². The van der Waals surface area contributed by atoms with Crippen molar-refractivity contribution in [2.45, 2.75) is 0 Å². The maximum Gasteiger partial charge on any atom is 0.197 e. The first kappa shape index (κ1) is 20.6. The maximum atomic E-state index is 13.3. The minimum Gasteiger partial charge on any atom is -0.288 e. The highest BCUT2D eigenvalue weighted by Gasteiger charge is 2.34. The Morgan fingerprint density at radius 2 is 1.47 bits per heavy atom. The predicted molar refractivity (Wildman–Crippen MR) is 141 cm³/mol. The monoisotopic (exact) mass is 484 g/mol. The number of carbonyl (C=O) groups is 2. The Labute approximate surface area is 209 Å². The third-order valence-corrected chi connectivity index (χ3v) is 7.30. The van der Waals surface area contributed by atoms with Crippen LogP contribution < -0.4 is 0 Å². The van der Waals surface area contributed by atoms with Crippen LogP contribution in [0.2, 0.25) is 0 Å². The van der Waals surface area contributed by atoms with E-state index in [1.165, 1.54) is 11.3 Å². The van der Waals surface area contributed by atoms with Gasteiger partial charge in [0.2, 0.25) is 0 Å². The summed E-state index contributed by atoms with van der Waals surface area (Å²) in [6.45, 7) is 0. The molecule has 0 radical (unpaired) electrons. The van der Waals surface area contributed by atoms with Crippen LogP contribution in [0.15, 0.2) is 96.8 Å². The number of pyridine rings is 1. The molecule has 3 heterocycles. The lowest BCUT2D eigenvalue weighted by Crippen LogP contribution is -2.04. The lowest BCUT2D eigenvalue weighted by atomic mass is 10.0. The molecule has 1 aliphatic carbocycles. The fourth-order valence-electron chi connectivity index (χ4n) is 4.60.